The summed E-state index contributed by atoms with van der Waals surface area (Å²) in [5.41, 5.74) is 6.62. The fourth-order valence-electron chi connectivity index (χ4n) is 3.08. The number of benzene rings is 2. The number of nitrogens with zero attached hydrogens (tertiary/aromatic N) is 2. The van der Waals surface area contributed by atoms with Gasteiger partial charge in [0.25, 0.3) is 0 Å². The number of aromatic nitrogens is 1. The maximum atomic E-state index is 4.87. The van der Waals surface area contributed by atoms with Crippen molar-refractivity contribution in [3.8, 4) is 11.3 Å². The van der Waals surface area contributed by atoms with Gasteiger partial charge in [0.1, 0.15) is 0 Å². The van der Waals surface area contributed by atoms with Crippen molar-refractivity contribution in [3.05, 3.63) is 83.6 Å². The number of aliphatic imine (C=N–C) groups is 1. The average molecular weight is 342 g/mol. The molecule has 0 saturated heterocycles. The van der Waals surface area contributed by atoms with E-state index in [4.69, 9.17) is 9.98 Å². The Bertz CT molecular complexity index is 867. The van der Waals surface area contributed by atoms with E-state index in [1.54, 1.807) is 0 Å². The fourth-order valence-corrected chi connectivity index (χ4v) is 3.08. The van der Waals surface area contributed by atoms with Crippen LogP contribution in [-0.4, -0.2) is 11.2 Å². The highest BCUT2D eigenvalue weighted by Gasteiger charge is 2.12. The standard InChI is InChI=1S/C24H26N2/c1-17(2)21-13-9-14-22(18(3)4)24(21)25-16-20-12-8-15-23(26-20)19-10-6-5-7-11-19/h5-18H,1-4H3. The van der Waals surface area contributed by atoms with Crippen LogP contribution in [0.5, 0.6) is 0 Å². The van der Waals surface area contributed by atoms with Crippen LogP contribution in [0.15, 0.2) is 71.7 Å². The molecule has 2 heteroatoms. The van der Waals surface area contributed by atoms with Gasteiger partial charge in [-0.25, -0.2) is 4.98 Å². The van der Waals surface area contributed by atoms with Crippen LogP contribution in [0.3, 0.4) is 0 Å². The molecule has 0 spiro atoms. The van der Waals surface area contributed by atoms with Crippen molar-refractivity contribution in [2.45, 2.75) is 39.5 Å². The summed E-state index contributed by atoms with van der Waals surface area (Å²) in [6.45, 7) is 8.86. The molecule has 0 amide bonds. The molecule has 0 N–H and O–H groups in total. The largest absolute Gasteiger partial charge is 0.254 e. The molecule has 0 saturated carbocycles. The normalized spacial score (nSPS) is 11.6. The van der Waals surface area contributed by atoms with Crippen LogP contribution in [0.2, 0.25) is 0 Å². The van der Waals surface area contributed by atoms with Crippen molar-refractivity contribution in [1.29, 1.82) is 0 Å². The molecule has 2 aromatic carbocycles. The highest BCUT2D eigenvalue weighted by molar-refractivity contribution is 5.82. The first-order chi connectivity index (χ1) is 12.6. The Labute approximate surface area is 156 Å². The van der Waals surface area contributed by atoms with E-state index in [1.165, 1.54) is 11.1 Å². The van der Waals surface area contributed by atoms with Crippen LogP contribution in [0.25, 0.3) is 11.3 Å². The Balaban J connectivity index is 1.98. The minimum absolute atomic E-state index is 0.435. The second-order valence-electron chi connectivity index (χ2n) is 7.17. The van der Waals surface area contributed by atoms with E-state index in [0.29, 0.717) is 11.8 Å². The molecule has 0 aliphatic rings. The Kier molecular flexibility index (Phi) is 5.62. The zero-order valence-electron chi connectivity index (χ0n) is 16.0. The highest BCUT2D eigenvalue weighted by atomic mass is 14.8. The zero-order valence-corrected chi connectivity index (χ0v) is 16.0. The molecule has 0 unspecified atom stereocenters. The molecule has 0 aliphatic carbocycles. The molecule has 2 nitrogen and oxygen atoms in total. The lowest BCUT2D eigenvalue weighted by Gasteiger charge is -2.16. The summed E-state index contributed by atoms with van der Waals surface area (Å²) < 4.78 is 0. The fraction of sp³-hybridized carbons (Fsp3) is 0.250. The molecule has 0 aliphatic heterocycles. The molecule has 0 atom stereocenters. The third kappa shape index (κ3) is 4.08. The monoisotopic (exact) mass is 342 g/mol. The van der Waals surface area contributed by atoms with E-state index in [2.05, 4.69) is 58.0 Å². The molecule has 1 heterocycles. The lowest BCUT2D eigenvalue weighted by molar-refractivity contribution is 0.835. The van der Waals surface area contributed by atoms with Crippen LogP contribution >= 0.6 is 0 Å². The van der Waals surface area contributed by atoms with E-state index in [1.807, 2.05) is 42.6 Å². The number of hydrogen-bond acceptors (Lipinski definition) is 2. The van der Waals surface area contributed by atoms with Crippen LogP contribution in [-0.2, 0) is 0 Å². The zero-order chi connectivity index (χ0) is 18.5. The minimum atomic E-state index is 0.435. The first-order valence-corrected chi connectivity index (χ1v) is 9.25. The molecule has 26 heavy (non-hydrogen) atoms. The Morgan fingerprint density at radius 1 is 0.731 bits per heavy atom. The topological polar surface area (TPSA) is 25.2 Å². The van der Waals surface area contributed by atoms with Gasteiger partial charge in [-0.1, -0.05) is 82.3 Å². The van der Waals surface area contributed by atoms with Gasteiger partial charge < -0.3 is 0 Å². The van der Waals surface area contributed by atoms with Gasteiger partial charge in [0, 0.05) is 5.56 Å². The van der Waals surface area contributed by atoms with E-state index in [-0.39, 0.29) is 0 Å². The summed E-state index contributed by atoms with van der Waals surface area (Å²) in [6, 6.07) is 22.8. The lowest BCUT2D eigenvalue weighted by Crippen LogP contribution is -1.96. The van der Waals surface area contributed by atoms with Gasteiger partial charge in [-0.05, 0) is 35.1 Å². The van der Waals surface area contributed by atoms with E-state index in [0.717, 1.165) is 22.6 Å². The smallest absolute Gasteiger partial charge is 0.0820 e. The molecular weight excluding hydrogens is 316 g/mol. The van der Waals surface area contributed by atoms with Gasteiger partial charge in [0.15, 0.2) is 0 Å². The van der Waals surface area contributed by atoms with Crippen LogP contribution in [0.4, 0.5) is 5.69 Å². The summed E-state index contributed by atoms with van der Waals surface area (Å²) in [4.78, 5) is 9.62. The van der Waals surface area contributed by atoms with Crippen molar-refractivity contribution < 1.29 is 0 Å². The first-order valence-electron chi connectivity index (χ1n) is 9.25. The molecular formula is C24H26N2. The highest BCUT2D eigenvalue weighted by Crippen LogP contribution is 2.34. The predicted octanol–water partition coefficient (Wildman–Crippen LogP) is 6.75. The summed E-state index contributed by atoms with van der Waals surface area (Å²) in [5.74, 6) is 0.869. The summed E-state index contributed by atoms with van der Waals surface area (Å²) in [5, 5.41) is 0. The number of pyridine rings is 1. The van der Waals surface area contributed by atoms with Crippen molar-refractivity contribution in [1.82, 2.24) is 4.98 Å². The third-order valence-corrected chi connectivity index (χ3v) is 4.51. The maximum absolute atomic E-state index is 4.87. The van der Waals surface area contributed by atoms with Gasteiger partial charge in [-0.15, -0.1) is 0 Å². The van der Waals surface area contributed by atoms with E-state index in [9.17, 15) is 0 Å². The maximum Gasteiger partial charge on any atom is 0.0820 e. The predicted molar refractivity (Wildman–Crippen MR) is 112 cm³/mol. The SMILES string of the molecule is CC(C)c1cccc(C(C)C)c1N=Cc1cccc(-c2ccccc2)n1. The molecule has 0 fully saturated rings. The van der Waals surface area contributed by atoms with E-state index < -0.39 is 0 Å². The number of hydrogen-bond donors (Lipinski definition) is 0. The second kappa shape index (κ2) is 8.09. The van der Waals surface area contributed by atoms with Crippen LogP contribution < -0.4 is 0 Å². The third-order valence-electron chi connectivity index (χ3n) is 4.51. The molecule has 1 aromatic heterocycles. The Morgan fingerprint density at radius 3 is 1.96 bits per heavy atom. The number of para-hydroxylation sites is 1. The molecule has 132 valence electrons. The van der Waals surface area contributed by atoms with Gasteiger partial charge in [0.2, 0.25) is 0 Å². The average Bonchev–Trinajstić information content (AvgIpc) is 2.66. The Hall–Kier alpha value is -2.74. The van der Waals surface area contributed by atoms with Gasteiger partial charge in [0.05, 0.1) is 23.3 Å². The summed E-state index contributed by atoms with van der Waals surface area (Å²) >= 11 is 0. The summed E-state index contributed by atoms with van der Waals surface area (Å²) in [6.07, 6.45) is 1.89. The molecule has 3 rings (SSSR count). The van der Waals surface area contributed by atoms with Crippen LogP contribution in [0, 0.1) is 0 Å². The van der Waals surface area contributed by atoms with Crippen molar-refractivity contribution in [2.75, 3.05) is 0 Å². The summed E-state index contributed by atoms with van der Waals surface area (Å²) in [7, 11) is 0. The molecule has 3 aromatic rings. The van der Waals surface area contributed by atoms with Crippen molar-refractivity contribution >= 4 is 11.9 Å². The number of rotatable bonds is 5. The second-order valence-corrected chi connectivity index (χ2v) is 7.17. The first kappa shape index (κ1) is 18.1. The van der Waals surface area contributed by atoms with Crippen molar-refractivity contribution in [2.24, 2.45) is 4.99 Å². The van der Waals surface area contributed by atoms with Crippen LogP contribution in [0.1, 0.15) is 56.4 Å². The Morgan fingerprint density at radius 2 is 1.35 bits per heavy atom. The molecule has 0 radical (unpaired) electrons. The van der Waals surface area contributed by atoms with Gasteiger partial charge in [-0.2, -0.15) is 0 Å². The van der Waals surface area contributed by atoms with E-state index >= 15 is 0 Å². The lowest BCUT2D eigenvalue weighted by atomic mass is 9.93. The van der Waals surface area contributed by atoms with Gasteiger partial charge >= 0.3 is 0 Å². The van der Waals surface area contributed by atoms with Gasteiger partial charge in [-0.3, -0.25) is 4.99 Å². The van der Waals surface area contributed by atoms with Crippen molar-refractivity contribution in [3.63, 3.8) is 0 Å². The quantitative estimate of drug-likeness (QED) is 0.471. The minimum Gasteiger partial charge on any atom is -0.254 e. The molecule has 0 bridgehead atoms.